The summed E-state index contributed by atoms with van der Waals surface area (Å²) in [6.07, 6.45) is 5.73. The number of ether oxygens (including phenoxy) is 1. The van der Waals surface area contributed by atoms with E-state index in [9.17, 15) is 14.7 Å². The van der Waals surface area contributed by atoms with Crippen LogP contribution in [0.3, 0.4) is 0 Å². The minimum atomic E-state index is -1.90. The summed E-state index contributed by atoms with van der Waals surface area (Å²) < 4.78 is 12.0. The van der Waals surface area contributed by atoms with Crippen LogP contribution < -0.4 is 0 Å². The summed E-state index contributed by atoms with van der Waals surface area (Å²) in [6.45, 7) is 12.8. The third-order valence-electron chi connectivity index (χ3n) is 9.32. The molecular formula is C24H38O5Si. The van der Waals surface area contributed by atoms with Crippen LogP contribution in [0.15, 0.2) is 11.6 Å². The van der Waals surface area contributed by atoms with Crippen molar-refractivity contribution in [3.05, 3.63) is 11.6 Å². The van der Waals surface area contributed by atoms with Crippen molar-refractivity contribution in [1.29, 1.82) is 0 Å². The molecular weight excluding hydrogens is 396 g/mol. The van der Waals surface area contributed by atoms with Gasteiger partial charge in [0.25, 0.3) is 0 Å². The second-order valence-corrected chi connectivity index (χ2v) is 16.5. The Morgan fingerprint density at radius 1 is 1.20 bits per heavy atom. The van der Waals surface area contributed by atoms with Gasteiger partial charge in [0.2, 0.25) is 0 Å². The molecule has 30 heavy (non-hydrogen) atoms. The summed E-state index contributed by atoms with van der Waals surface area (Å²) in [5.74, 6) is -0.00876. The van der Waals surface area contributed by atoms with E-state index in [4.69, 9.17) is 9.16 Å². The summed E-state index contributed by atoms with van der Waals surface area (Å²) in [5, 5.41) is 11.1. The summed E-state index contributed by atoms with van der Waals surface area (Å²) in [7, 11) is -0.420. The second kappa shape index (κ2) is 6.52. The van der Waals surface area contributed by atoms with Gasteiger partial charge in [-0.3, -0.25) is 9.59 Å². The molecule has 5 nitrogen and oxygen atoms in total. The molecule has 168 valence electrons. The fourth-order valence-electron chi connectivity index (χ4n) is 7.78. The Morgan fingerprint density at radius 2 is 1.87 bits per heavy atom. The predicted octanol–water partition coefficient (Wildman–Crippen LogP) is 4.25. The molecule has 1 N–H and O–H groups in total. The third kappa shape index (κ3) is 2.72. The van der Waals surface area contributed by atoms with Gasteiger partial charge in [-0.25, -0.2) is 0 Å². The van der Waals surface area contributed by atoms with Gasteiger partial charge in [0.1, 0.15) is 0 Å². The summed E-state index contributed by atoms with van der Waals surface area (Å²) in [6, 6.07) is 0. The topological polar surface area (TPSA) is 72.8 Å². The highest BCUT2D eigenvalue weighted by atomic mass is 28.4. The summed E-state index contributed by atoms with van der Waals surface area (Å²) >= 11 is 0. The number of rotatable bonds is 3. The van der Waals surface area contributed by atoms with Crippen LogP contribution in [0.25, 0.3) is 0 Å². The number of esters is 1. The zero-order valence-corrected chi connectivity index (χ0v) is 20.6. The van der Waals surface area contributed by atoms with Crippen LogP contribution >= 0.6 is 0 Å². The fraction of sp³-hybridized carbons (Fsp3) is 0.833. The average molecular weight is 435 g/mol. The lowest BCUT2D eigenvalue weighted by molar-refractivity contribution is -0.180. The molecule has 0 aromatic heterocycles. The van der Waals surface area contributed by atoms with E-state index in [-0.39, 0.29) is 34.6 Å². The zero-order valence-electron chi connectivity index (χ0n) is 19.6. The van der Waals surface area contributed by atoms with Crippen molar-refractivity contribution in [2.24, 2.45) is 27.6 Å². The van der Waals surface area contributed by atoms with E-state index in [0.717, 1.165) is 31.3 Å². The number of methoxy groups -OCH3 is 1. The summed E-state index contributed by atoms with van der Waals surface area (Å²) in [5.41, 5.74) is -0.709. The molecule has 0 heterocycles. The molecule has 1 unspecified atom stereocenters. The Hall–Kier alpha value is -0.983. The molecule has 4 rings (SSSR count). The van der Waals surface area contributed by atoms with Crippen molar-refractivity contribution in [3.63, 3.8) is 0 Å². The highest BCUT2D eigenvalue weighted by Crippen LogP contribution is 2.74. The number of hydrogen-bond donors (Lipinski definition) is 1. The maximum Gasteiger partial charge on any atom is 0.311 e. The first-order valence-corrected chi connectivity index (χ1v) is 14.9. The Labute approximate surface area is 181 Å². The Balaban J connectivity index is 1.92. The van der Waals surface area contributed by atoms with Crippen LogP contribution in [0.4, 0.5) is 0 Å². The Kier molecular flexibility index (Phi) is 4.83. The van der Waals surface area contributed by atoms with Gasteiger partial charge < -0.3 is 14.3 Å². The van der Waals surface area contributed by atoms with E-state index in [1.807, 2.05) is 13.0 Å². The molecule has 4 aliphatic carbocycles. The van der Waals surface area contributed by atoms with E-state index in [2.05, 4.69) is 33.5 Å². The van der Waals surface area contributed by atoms with Crippen LogP contribution in [0.2, 0.25) is 19.6 Å². The Bertz CT molecular complexity index is 815. The molecule has 7 atom stereocenters. The van der Waals surface area contributed by atoms with Gasteiger partial charge in [-0.1, -0.05) is 13.3 Å². The van der Waals surface area contributed by atoms with E-state index in [1.165, 1.54) is 7.11 Å². The molecule has 0 aromatic rings. The van der Waals surface area contributed by atoms with Gasteiger partial charge in [0.05, 0.1) is 30.1 Å². The van der Waals surface area contributed by atoms with Crippen molar-refractivity contribution in [3.8, 4) is 0 Å². The van der Waals surface area contributed by atoms with Crippen molar-refractivity contribution < 1.29 is 23.9 Å². The molecule has 0 saturated heterocycles. The van der Waals surface area contributed by atoms with Crippen LogP contribution in [0, 0.1) is 27.6 Å². The van der Waals surface area contributed by atoms with Gasteiger partial charge in [0, 0.05) is 5.41 Å². The monoisotopic (exact) mass is 434 g/mol. The number of aliphatic hydroxyl groups is 1. The molecule has 3 fully saturated rings. The number of aliphatic hydroxyl groups excluding tert-OH is 1. The van der Waals surface area contributed by atoms with Crippen LogP contribution in [0.5, 0.6) is 0 Å². The molecule has 0 aromatic carbocycles. The first kappa shape index (κ1) is 22.2. The number of carbonyl (C=O) groups is 2. The van der Waals surface area contributed by atoms with Crippen molar-refractivity contribution in [2.75, 3.05) is 7.11 Å². The van der Waals surface area contributed by atoms with Crippen molar-refractivity contribution in [1.82, 2.24) is 0 Å². The fourth-order valence-corrected chi connectivity index (χ4v) is 8.85. The van der Waals surface area contributed by atoms with Gasteiger partial charge >= 0.3 is 5.97 Å². The standard InChI is InChI=1S/C24H38O5Si/c1-21(20(27)28-4)9-8-10-23(3)17(21)12-16(29-30(5,6)7)15-11-18(25)22(2)14-24(15,23)13-19(22)26/h11,16-17,19,26H,8-10,12-14H2,1-7H3/t16-,17-,19?,21+,22-,23-,24-/m0/s1. The molecule has 3 saturated carbocycles. The maximum atomic E-state index is 13.1. The van der Waals surface area contributed by atoms with Gasteiger partial charge in [-0.15, -0.1) is 0 Å². The van der Waals surface area contributed by atoms with Crippen molar-refractivity contribution >= 4 is 20.1 Å². The quantitative estimate of drug-likeness (QED) is 0.531. The normalized spacial score (nSPS) is 47.9. The van der Waals surface area contributed by atoms with Gasteiger partial charge in [-0.2, -0.15) is 0 Å². The lowest BCUT2D eigenvalue weighted by Crippen LogP contribution is -2.62. The van der Waals surface area contributed by atoms with Crippen molar-refractivity contribution in [2.45, 2.75) is 91.1 Å². The first-order valence-electron chi connectivity index (χ1n) is 11.4. The smallest absolute Gasteiger partial charge is 0.311 e. The molecule has 2 bridgehead atoms. The SMILES string of the molecule is COC(=O)[C@]1(C)CCC[C@@]2(C)[C@H]1C[C@H](O[Si](C)(C)C)C1=CC(=O)[C@]3(C)C[C@@]12CC3O. The largest absolute Gasteiger partial charge is 0.469 e. The molecule has 0 amide bonds. The minimum Gasteiger partial charge on any atom is -0.469 e. The van der Waals surface area contributed by atoms with E-state index < -0.39 is 25.3 Å². The van der Waals surface area contributed by atoms with Gasteiger partial charge in [0.15, 0.2) is 14.1 Å². The zero-order chi connectivity index (χ0) is 22.3. The highest BCUT2D eigenvalue weighted by Gasteiger charge is 2.72. The lowest BCUT2D eigenvalue weighted by Gasteiger charge is -2.65. The molecule has 0 aliphatic heterocycles. The molecule has 4 aliphatic rings. The second-order valence-electron chi connectivity index (χ2n) is 12.0. The lowest BCUT2D eigenvalue weighted by atomic mass is 9.39. The molecule has 1 spiro atoms. The maximum absolute atomic E-state index is 13.1. The number of ketones is 1. The van der Waals surface area contributed by atoms with Crippen LogP contribution in [-0.4, -0.2) is 44.5 Å². The average Bonchev–Trinajstić information content (AvgIpc) is 2.88. The number of carbonyl (C=O) groups excluding carboxylic acids is 2. The van der Waals surface area contributed by atoms with Crippen LogP contribution in [-0.2, 0) is 18.8 Å². The third-order valence-corrected chi connectivity index (χ3v) is 10.3. The number of fused-ring (bicyclic) bond motifs is 2. The predicted molar refractivity (Wildman–Crippen MR) is 117 cm³/mol. The Morgan fingerprint density at radius 3 is 2.47 bits per heavy atom. The van der Waals surface area contributed by atoms with Crippen LogP contribution in [0.1, 0.15) is 59.3 Å². The number of hydrogen-bond acceptors (Lipinski definition) is 5. The van der Waals surface area contributed by atoms with Gasteiger partial charge in [-0.05, 0) is 88.6 Å². The molecule has 6 heteroatoms. The minimum absolute atomic E-state index is 0.0379. The highest BCUT2D eigenvalue weighted by molar-refractivity contribution is 6.69. The van der Waals surface area contributed by atoms with E-state index in [1.54, 1.807) is 0 Å². The first-order chi connectivity index (χ1) is 13.7. The van der Waals surface area contributed by atoms with E-state index >= 15 is 0 Å². The summed E-state index contributed by atoms with van der Waals surface area (Å²) in [4.78, 5) is 26.2. The number of allylic oxidation sites excluding steroid dienone is 1. The van der Waals surface area contributed by atoms with E-state index in [0.29, 0.717) is 12.8 Å². The molecule has 0 radical (unpaired) electrons.